The zero-order chi connectivity index (χ0) is 25.3. The SMILES string of the molecule is Cc1cc2nc(/C(C#N)=C\c3ccc(OS(=O)(=O)c4ccc(C)c([N+](=O)[O-])c4)cc3)[nH]c2cc1C. The Morgan fingerprint density at radius 1 is 1.06 bits per heavy atom. The van der Waals surface area contributed by atoms with E-state index in [1.165, 1.54) is 31.2 Å². The minimum absolute atomic E-state index is 0.0265. The number of nitriles is 1. The standard InChI is InChI=1S/C25H20N4O5S/c1-15-4-9-21(13-24(15)29(30)31)35(32,33)34-20-7-5-18(6-8-20)12-19(14-26)25-27-22-10-16(2)17(3)11-23(22)28-25/h4-13H,1-3H3,(H,27,28)/b19-12-. The van der Waals surface area contributed by atoms with Crippen LogP contribution in [0.2, 0.25) is 0 Å². The average Bonchev–Trinajstić information content (AvgIpc) is 3.21. The van der Waals surface area contributed by atoms with Gasteiger partial charge in [-0.25, -0.2) is 4.98 Å². The van der Waals surface area contributed by atoms with Crippen LogP contribution >= 0.6 is 0 Å². The molecule has 9 nitrogen and oxygen atoms in total. The van der Waals surface area contributed by atoms with Crippen molar-refractivity contribution < 1.29 is 17.5 Å². The second-order valence-electron chi connectivity index (χ2n) is 8.02. The number of nitrogens with zero attached hydrogens (tertiary/aromatic N) is 3. The van der Waals surface area contributed by atoms with Crippen molar-refractivity contribution in [2.75, 3.05) is 0 Å². The number of hydrogen-bond donors (Lipinski definition) is 1. The average molecular weight is 489 g/mol. The minimum atomic E-state index is -4.28. The topological polar surface area (TPSA) is 139 Å². The number of fused-ring (bicyclic) bond motifs is 1. The summed E-state index contributed by atoms with van der Waals surface area (Å²) in [7, 11) is -4.28. The lowest BCUT2D eigenvalue weighted by atomic mass is 10.1. The summed E-state index contributed by atoms with van der Waals surface area (Å²) < 4.78 is 30.3. The van der Waals surface area contributed by atoms with E-state index < -0.39 is 15.0 Å². The normalized spacial score (nSPS) is 11.9. The molecule has 0 saturated carbocycles. The molecule has 0 atom stereocenters. The molecule has 10 heteroatoms. The Bertz CT molecular complexity index is 1610. The van der Waals surface area contributed by atoms with Gasteiger partial charge in [0.2, 0.25) is 0 Å². The molecule has 0 aliphatic heterocycles. The molecule has 0 unspecified atom stereocenters. The summed E-state index contributed by atoms with van der Waals surface area (Å²) in [5, 5.41) is 20.8. The van der Waals surface area contributed by atoms with Crippen LogP contribution in [0.4, 0.5) is 5.69 Å². The molecule has 35 heavy (non-hydrogen) atoms. The van der Waals surface area contributed by atoms with Crippen molar-refractivity contribution in [1.29, 1.82) is 5.26 Å². The summed E-state index contributed by atoms with van der Waals surface area (Å²) >= 11 is 0. The van der Waals surface area contributed by atoms with Crippen LogP contribution in [-0.2, 0) is 10.1 Å². The number of nitrogens with one attached hydrogen (secondary N) is 1. The minimum Gasteiger partial charge on any atom is -0.379 e. The van der Waals surface area contributed by atoms with Crippen LogP contribution in [0.1, 0.15) is 28.1 Å². The molecule has 0 aliphatic carbocycles. The lowest BCUT2D eigenvalue weighted by molar-refractivity contribution is -0.385. The maximum atomic E-state index is 12.6. The summed E-state index contributed by atoms with van der Waals surface area (Å²) in [4.78, 5) is 17.8. The van der Waals surface area contributed by atoms with Gasteiger partial charge in [-0.1, -0.05) is 18.2 Å². The van der Waals surface area contributed by atoms with Crippen molar-refractivity contribution in [1.82, 2.24) is 9.97 Å². The van der Waals surface area contributed by atoms with E-state index in [2.05, 4.69) is 16.0 Å². The van der Waals surface area contributed by atoms with Crippen LogP contribution in [0.15, 0.2) is 59.5 Å². The van der Waals surface area contributed by atoms with Gasteiger partial charge >= 0.3 is 10.1 Å². The number of aromatic amines is 1. The molecule has 0 radical (unpaired) electrons. The maximum Gasteiger partial charge on any atom is 0.339 e. The van der Waals surface area contributed by atoms with Gasteiger partial charge in [0.15, 0.2) is 0 Å². The fraction of sp³-hybridized carbons (Fsp3) is 0.120. The Labute approximate surface area is 201 Å². The number of allylic oxidation sites excluding steroid dienone is 1. The predicted octanol–water partition coefficient (Wildman–Crippen LogP) is 5.23. The first-order chi connectivity index (χ1) is 16.6. The lowest BCUT2D eigenvalue weighted by Crippen LogP contribution is -2.10. The van der Waals surface area contributed by atoms with Crippen molar-refractivity contribution in [3.63, 3.8) is 0 Å². The van der Waals surface area contributed by atoms with Crippen LogP contribution in [0.25, 0.3) is 22.7 Å². The molecule has 1 N–H and O–H groups in total. The van der Waals surface area contributed by atoms with Gasteiger partial charge in [-0.3, -0.25) is 10.1 Å². The van der Waals surface area contributed by atoms with Gasteiger partial charge in [0.25, 0.3) is 5.69 Å². The molecule has 4 aromatic rings. The smallest absolute Gasteiger partial charge is 0.339 e. The Kier molecular flexibility index (Phi) is 6.11. The first-order valence-corrected chi connectivity index (χ1v) is 11.9. The number of nitro benzene ring substituents is 1. The Morgan fingerprint density at radius 3 is 2.40 bits per heavy atom. The number of imidazole rings is 1. The Hall–Kier alpha value is -4.49. The van der Waals surface area contributed by atoms with E-state index in [4.69, 9.17) is 4.18 Å². The predicted molar refractivity (Wildman–Crippen MR) is 131 cm³/mol. The highest BCUT2D eigenvalue weighted by Gasteiger charge is 2.21. The zero-order valence-electron chi connectivity index (χ0n) is 19.1. The molecule has 0 amide bonds. The molecule has 176 valence electrons. The fourth-order valence-corrected chi connectivity index (χ4v) is 4.40. The van der Waals surface area contributed by atoms with Crippen LogP contribution in [0, 0.1) is 42.2 Å². The van der Waals surface area contributed by atoms with Crippen LogP contribution in [0.5, 0.6) is 5.75 Å². The number of benzene rings is 3. The number of hydrogen-bond acceptors (Lipinski definition) is 7. The third-order valence-electron chi connectivity index (χ3n) is 5.54. The van der Waals surface area contributed by atoms with Crippen molar-refractivity contribution in [3.05, 3.63) is 92.8 Å². The molecule has 0 spiro atoms. The zero-order valence-corrected chi connectivity index (χ0v) is 19.9. The van der Waals surface area contributed by atoms with Gasteiger partial charge in [0.1, 0.15) is 22.5 Å². The van der Waals surface area contributed by atoms with Crippen molar-refractivity contribution >= 4 is 38.5 Å². The number of H-pyrrole nitrogens is 1. The molecule has 4 rings (SSSR count). The summed E-state index contributed by atoms with van der Waals surface area (Å²) in [5.74, 6) is 0.454. The van der Waals surface area contributed by atoms with Gasteiger partial charge in [-0.2, -0.15) is 13.7 Å². The van der Waals surface area contributed by atoms with Gasteiger partial charge in [-0.05, 0) is 73.9 Å². The Morgan fingerprint density at radius 2 is 1.74 bits per heavy atom. The van der Waals surface area contributed by atoms with Crippen LogP contribution in [0.3, 0.4) is 0 Å². The molecule has 0 bridgehead atoms. The maximum absolute atomic E-state index is 12.6. The van der Waals surface area contributed by atoms with Crippen LogP contribution < -0.4 is 4.18 Å². The first kappa shape index (κ1) is 23.7. The quantitative estimate of drug-likeness (QED) is 0.170. The lowest BCUT2D eigenvalue weighted by Gasteiger charge is -2.08. The summed E-state index contributed by atoms with van der Waals surface area (Å²) in [6.45, 7) is 5.51. The van der Waals surface area contributed by atoms with Crippen molar-refractivity contribution in [3.8, 4) is 11.8 Å². The van der Waals surface area contributed by atoms with E-state index in [-0.39, 0.29) is 16.3 Å². The number of rotatable bonds is 6. The van der Waals surface area contributed by atoms with E-state index in [0.29, 0.717) is 22.5 Å². The summed E-state index contributed by atoms with van der Waals surface area (Å²) in [6.07, 6.45) is 1.62. The Balaban J connectivity index is 1.58. The molecule has 0 saturated heterocycles. The molecule has 1 aromatic heterocycles. The summed E-state index contributed by atoms with van der Waals surface area (Å²) in [6, 6.07) is 15.7. The van der Waals surface area contributed by atoms with E-state index in [1.807, 2.05) is 26.0 Å². The second kappa shape index (κ2) is 9.04. The fourth-order valence-electron chi connectivity index (χ4n) is 3.45. The van der Waals surface area contributed by atoms with Crippen LogP contribution in [-0.4, -0.2) is 23.3 Å². The number of aryl methyl sites for hydroxylation is 3. The van der Waals surface area contributed by atoms with Crippen molar-refractivity contribution in [2.24, 2.45) is 0 Å². The third-order valence-corrected chi connectivity index (χ3v) is 6.78. The van der Waals surface area contributed by atoms with Gasteiger partial charge in [0, 0.05) is 11.6 Å². The number of aromatic nitrogens is 2. The summed E-state index contributed by atoms with van der Waals surface area (Å²) in [5.41, 5.74) is 4.77. The van der Waals surface area contributed by atoms with E-state index >= 15 is 0 Å². The molecule has 0 aliphatic rings. The largest absolute Gasteiger partial charge is 0.379 e. The molecule has 1 heterocycles. The highest BCUT2D eigenvalue weighted by molar-refractivity contribution is 7.87. The van der Waals surface area contributed by atoms with Gasteiger partial charge in [-0.15, -0.1) is 0 Å². The number of nitro groups is 1. The molecule has 3 aromatic carbocycles. The molecular formula is C25H20N4O5S. The first-order valence-electron chi connectivity index (χ1n) is 10.5. The van der Waals surface area contributed by atoms with E-state index in [0.717, 1.165) is 28.2 Å². The van der Waals surface area contributed by atoms with Gasteiger partial charge in [0.05, 0.1) is 21.5 Å². The monoisotopic (exact) mass is 488 g/mol. The van der Waals surface area contributed by atoms with Crippen molar-refractivity contribution in [2.45, 2.75) is 25.7 Å². The molecular weight excluding hydrogens is 468 g/mol. The highest BCUT2D eigenvalue weighted by Crippen LogP contribution is 2.26. The van der Waals surface area contributed by atoms with E-state index in [9.17, 15) is 23.8 Å². The second-order valence-corrected chi connectivity index (χ2v) is 9.57. The third kappa shape index (κ3) is 4.90. The highest BCUT2D eigenvalue weighted by atomic mass is 32.2. The van der Waals surface area contributed by atoms with Gasteiger partial charge < -0.3 is 9.17 Å². The molecule has 0 fully saturated rings. The van der Waals surface area contributed by atoms with E-state index in [1.54, 1.807) is 18.2 Å².